The molecule has 0 aromatic heterocycles. The Morgan fingerprint density at radius 1 is 1.39 bits per heavy atom. The van der Waals surface area contributed by atoms with E-state index in [1.807, 2.05) is 25.1 Å². The van der Waals surface area contributed by atoms with Gasteiger partial charge in [-0.15, -0.1) is 0 Å². The van der Waals surface area contributed by atoms with Gasteiger partial charge in [-0.2, -0.15) is 11.8 Å². The van der Waals surface area contributed by atoms with Crippen LogP contribution < -0.4 is 11.1 Å². The van der Waals surface area contributed by atoms with Crippen LogP contribution in [0.5, 0.6) is 0 Å². The van der Waals surface area contributed by atoms with Crippen LogP contribution in [0, 0.1) is 13.8 Å². The zero-order valence-corrected chi connectivity index (χ0v) is 12.1. The summed E-state index contributed by atoms with van der Waals surface area (Å²) < 4.78 is 0. The van der Waals surface area contributed by atoms with Crippen LogP contribution in [0.3, 0.4) is 0 Å². The zero-order valence-electron chi connectivity index (χ0n) is 11.3. The quantitative estimate of drug-likeness (QED) is 0.832. The first kappa shape index (κ1) is 15.1. The van der Waals surface area contributed by atoms with Gasteiger partial charge in [0.25, 0.3) is 0 Å². The molecule has 18 heavy (non-hydrogen) atoms. The number of amides is 1. The summed E-state index contributed by atoms with van der Waals surface area (Å²) in [5, 5.41) is 2.90. The van der Waals surface area contributed by atoms with Crippen LogP contribution in [0.4, 0.5) is 5.69 Å². The molecule has 0 bridgehead atoms. The van der Waals surface area contributed by atoms with E-state index >= 15 is 0 Å². The molecule has 0 heterocycles. The highest BCUT2D eigenvalue weighted by Gasteiger charge is 2.05. The van der Waals surface area contributed by atoms with E-state index in [1.165, 1.54) is 11.1 Å². The number of aryl methyl sites for hydroxylation is 2. The minimum absolute atomic E-state index is 0.0338. The molecule has 0 aliphatic carbocycles. The van der Waals surface area contributed by atoms with E-state index in [9.17, 15) is 4.79 Å². The lowest BCUT2D eigenvalue weighted by Gasteiger charge is -2.09. The topological polar surface area (TPSA) is 55.1 Å². The summed E-state index contributed by atoms with van der Waals surface area (Å²) in [5.41, 5.74) is 9.08. The number of anilines is 1. The van der Waals surface area contributed by atoms with Crippen LogP contribution >= 0.6 is 11.8 Å². The number of rotatable bonds is 6. The predicted molar refractivity (Wildman–Crippen MR) is 80.1 cm³/mol. The van der Waals surface area contributed by atoms with Crippen molar-refractivity contribution in [1.82, 2.24) is 0 Å². The molecule has 0 fully saturated rings. The van der Waals surface area contributed by atoms with Crippen molar-refractivity contribution in [3.63, 3.8) is 0 Å². The Hall–Kier alpha value is -1.00. The van der Waals surface area contributed by atoms with Gasteiger partial charge < -0.3 is 11.1 Å². The highest BCUT2D eigenvalue weighted by atomic mass is 32.2. The van der Waals surface area contributed by atoms with Crippen LogP contribution in [0.1, 0.15) is 24.5 Å². The fourth-order valence-electron chi connectivity index (χ4n) is 1.44. The highest BCUT2D eigenvalue weighted by Crippen LogP contribution is 2.14. The summed E-state index contributed by atoms with van der Waals surface area (Å²) in [6, 6.07) is 6.13. The van der Waals surface area contributed by atoms with E-state index in [1.54, 1.807) is 11.8 Å². The normalized spacial score (nSPS) is 12.2. The van der Waals surface area contributed by atoms with Gasteiger partial charge in [-0.05, 0) is 43.5 Å². The molecule has 1 aromatic carbocycles. The zero-order chi connectivity index (χ0) is 13.5. The number of carbonyl (C=O) groups is 1. The van der Waals surface area contributed by atoms with Crippen molar-refractivity contribution in [2.45, 2.75) is 33.2 Å². The molecule has 0 radical (unpaired) electrons. The van der Waals surface area contributed by atoms with Gasteiger partial charge in [0.05, 0.1) is 5.75 Å². The van der Waals surface area contributed by atoms with Crippen LogP contribution in [0.15, 0.2) is 18.2 Å². The summed E-state index contributed by atoms with van der Waals surface area (Å²) in [6.45, 7) is 6.16. The number of nitrogens with one attached hydrogen (secondary N) is 1. The average Bonchev–Trinajstić information content (AvgIpc) is 2.33. The maximum atomic E-state index is 11.7. The third-order valence-electron chi connectivity index (χ3n) is 2.88. The first-order valence-electron chi connectivity index (χ1n) is 6.23. The summed E-state index contributed by atoms with van der Waals surface area (Å²) in [4.78, 5) is 11.7. The Labute approximate surface area is 114 Å². The molecule has 0 spiro atoms. The molecule has 1 unspecified atom stereocenters. The van der Waals surface area contributed by atoms with E-state index in [0.717, 1.165) is 17.9 Å². The molecular formula is C14H22N2OS. The van der Waals surface area contributed by atoms with Crippen LogP contribution in [-0.2, 0) is 4.79 Å². The number of hydrogen-bond donors (Lipinski definition) is 2. The van der Waals surface area contributed by atoms with Crippen molar-refractivity contribution in [2.24, 2.45) is 5.73 Å². The van der Waals surface area contributed by atoms with Crippen molar-refractivity contribution in [1.29, 1.82) is 0 Å². The molecule has 100 valence electrons. The van der Waals surface area contributed by atoms with Gasteiger partial charge in [-0.1, -0.05) is 13.0 Å². The summed E-state index contributed by atoms with van der Waals surface area (Å²) in [6.07, 6.45) is 0.950. The lowest BCUT2D eigenvalue weighted by atomic mass is 10.1. The molecule has 1 amide bonds. The smallest absolute Gasteiger partial charge is 0.234 e. The molecular weight excluding hydrogens is 244 g/mol. The van der Waals surface area contributed by atoms with E-state index in [-0.39, 0.29) is 11.9 Å². The standard InChI is InChI=1S/C14H22N2OS/c1-4-12(15)8-18-9-14(17)16-13-6-5-10(2)11(3)7-13/h5-7,12H,4,8-9,15H2,1-3H3,(H,16,17). The maximum absolute atomic E-state index is 11.7. The minimum Gasteiger partial charge on any atom is -0.327 e. The Morgan fingerprint density at radius 3 is 2.72 bits per heavy atom. The van der Waals surface area contributed by atoms with Crippen molar-refractivity contribution in [2.75, 3.05) is 16.8 Å². The van der Waals surface area contributed by atoms with Gasteiger partial charge in [-0.3, -0.25) is 4.79 Å². The molecule has 1 aromatic rings. The van der Waals surface area contributed by atoms with Crippen LogP contribution in [0.2, 0.25) is 0 Å². The summed E-state index contributed by atoms with van der Waals surface area (Å²) in [7, 11) is 0. The molecule has 0 saturated carbocycles. The summed E-state index contributed by atoms with van der Waals surface area (Å²) >= 11 is 1.58. The van der Waals surface area contributed by atoms with Crippen molar-refractivity contribution in [3.8, 4) is 0 Å². The lowest BCUT2D eigenvalue weighted by Crippen LogP contribution is -2.23. The van der Waals surface area contributed by atoms with Gasteiger partial charge in [-0.25, -0.2) is 0 Å². The lowest BCUT2D eigenvalue weighted by molar-refractivity contribution is -0.113. The van der Waals surface area contributed by atoms with Crippen LogP contribution in [-0.4, -0.2) is 23.5 Å². The summed E-state index contributed by atoms with van der Waals surface area (Å²) in [5.74, 6) is 1.32. The first-order chi connectivity index (χ1) is 8.52. The second-order valence-electron chi connectivity index (χ2n) is 4.53. The molecule has 3 N–H and O–H groups in total. The van der Waals surface area contributed by atoms with Gasteiger partial charge in [0.15, 0.2) is 0 Å². The molecule has 0 aliphatic heterocycles. The Bertz CT molecular complexity index is 407. The predicted octanol–water partition coefficient (Wildman–Crippen LogP) is 2.71. The minimum atomic E-state index is 0.0338. The van der Waals surface area contributed by atoms with Crippen molar-refractivity contribution < 1.29 is 4.79 Å². The number of nitrogens with two attached hydrogens (primary N) is 1. The SMILES string of the molecule is CCC(N)CSCC(=O)Nc1ccc(C)c(C)c1. The highest BCUT2D eigenvalue weighted by molar-refractivity contribution is 8.00. The Balaban J connectivity index is 2.38. The molecule has 0 saturated heterocycles. The van der Waals surface area contributed by atoms with Crippen LogP contribution in [0.25, 0.3) is 0 Å². The van der Waals surface area contributed by atoms with Gasteiger partial charge in [0.2, 0.25) is 5.91 Å². The average molecular weight is 266 g/mol. The van der Waals surface area contributed by atoms with Crippen molar-refractivity contribution in [3.05, 3.63) is 29.3 Å². The molecule has 1 rings (SSSR count). The van der Waals surface area contributed by atoms with Gasteiger partial charge in [0, 0.05) is 17.5 Å². The van der Waals surface area contributed by atoms with E-state index < -0.39 is 0 Å². The molecule has 3 nitrogen and oxygen atoms in total. The van der Waals surface area contributed by atoms with E-state index in [2.05, 4.69) is 19.2 Å². The second-order valence-corrected chi connectivity index (χ2v) is 5.56. The monoisotopic (exact) mass is 266 g/mol. The number of carbonyl (C=O) groups excluding carboxylic acids is 1. The van der Waals surface area contributed by atoms with Crippen molar-refractivity contribution >= 4 is 23.4 Å². The first-order valence-corrected chi connectivity index (χ1v) is 7.38. The molecule has 4 heteroatoms. The second kappa shape index (κ2) is 7.44. The fraction of sp³-hybridized carbons (Fsp3) is 0.500. The number of hydrogen-bond acceptors (Lipinski definition) is 3. The Morgan fingerprint density at radius 2 is 2.11 bits per heavy atom. The fourth-order valence-corrected chi connectivity index (χ4v) is 2.35. The van der Waals surface area contributed by atoms with E-state index in [0.29, 0.717) is 5.75 Å². The Kier molecular flexibility index (Phi) is 6.22. The van der Waals surface area contributed by atoms with Gasteiger partial charge >= 0.3 is 0 Å². The largest absolute Gasteiger partial charge is 0.327 e. The third kappa shape index (κ3) is 5.10. The third-order valence-corrected chi connectivity index (χ3v) is 4.01. The molecule has 1 atom stereocenters. The molecule has 0 aliphatic rings. The van der Waals surface area contributed by atoms with E-state index in [4.69, 9.17) is 5.73 Å². The number of thioether (sulfide) groups is 1. The maximum Gasteiger partial charge on any atom is 0.234 e. The van der Waals surface area contributed by atoms with Gasteiger partial charge in [0.1, 0.15) is 0 Å². The number of benzene rings is 1.